The fourth-order valence-corrected chi connectivity index (χ4v) is 3.57. The van der Waals surface area contributed by atoms with Crippen LogP contribution in [0.5, 0.6) is 0 Å². The molecule has 17 heavy (non-hydrogen) atoms. The Morgan fingerprint density at radius 1 is 1.24 bits per heavy atom. The summed E-state index contributed by atoms with van der Waals surface area (Å²) in [6.45, 7) is 0. The summed E-state index contributed by atoms with van der Waals surface area (Å²) < 4.78 is 23.9. The van der Waals surface area contributed by atoms with E-state index in [1.807, 2.05) is 0 Å². The van der Waals surface area contributed by atoms with E-state index in [-0.39, 0.29) is 22.1 Å². The number of aromatic carboxylic acids is 1. The lowest BCUT2D eigenvalue weighted by molar-refractivity contribution is 0.0697. The number of carboxylic acid groups (broad SMARTS) is 1. The number of rotatable bonds is 4. The lowest BCUT2D eigenvalue weighted by atomic mass is 9.87. The van der Waals surface area contributed by atoms with E-state index in [0.717, 1.165) is 19.3 Å². The van der Waals surface area contributed by atoms with Crippen molar-refractivity contribution in [3.63, 3.8) is 0 Å². The quantitative estimate of drug-likeness (QED) is 0.891. The van der Waals surface area contributed by atoms with Gasteiger partial charge in [0.25, 0.3) is 0 Å². The van der Waals surface area contributed by atoms with Gasteiger partial charge in [0.2, 0.25) is 0 Å². The van der Waals surface area contributed by atoms with Crippen molar-refractivity contribution >= 4 is 15.8 Å². The molecule has 92 valence electrons. The molecule has 0 radical (unpaired) electrons. The largest absolute Gasteiger partial charge is 0.478 e. The predicted molar refractivity (Wildman–Crippen MR) is 62.8 cm³/mol. The minimum Gasteiger partial charge on any atom is -0.478 e. The van der Waals surface area contributed by atoms with Gasteiger partial charge in [-0.15, -0.1) is 0 Å². The second-order valence-corrected chi connectivity index (χ2v) is 6.44. The highest BCUT2D eigenvalue weighted by atomic mass is 32.2. The minimum absolute atomic E-state index is 0.104. The highest BCUT2D eigenvalue weighted by Crippen LogP contribution is 2.29. The van der Waals surface area contributed by atoms with Crippen LogP contribution in [0.4, 0.5) is 0 Å². The lowest BCUT2D eigenvalue weighted by Gasteiger charge is -2.24. The normalized spacial score (nSPS) is 16.5. The number of benzene rings is 1. The number of carbonyl (C=O) groups is 1. The summed E-state index contributed by atoms with van der Waals surface area (Å²) in [4.78, 5) is 10.9. The fourth-order valence-electron chi connectivity index (χ4n) is 1.87. The first kappa shape index (κ1) is 12.1. The Labute approximate surface area is 100 Å². The molecule has 0 bridgehead atoms. The van der Waals surface area contributed by atoms with Gasteiger partial charge in [-0.3, -0.25) is 0 Å². The molecule has 1 aromatic carbocycles. The SMILES string of the molecule is O=C(O)c1ccc(S(=O)(=O)CC2CCC2)cc1. The number of sulfone groups is 1. The van der Waals surface area contributed by atoms with Crippen molar-refractivity contribution < 1.29 is 18.3 Å². The van der Waals surface area contributed by atoms with Gasteiger partial charge in [-0.25, -0.2) is 13.2 Å². The van der Waals surface area contributed by atoms with Crippen molar-refractivity contribution in [1.82, 2.24) is 0 Å². The Morgan fingerprint density at radius 2 is 1.82 bits per heavy atom. The van der Waals surface area contributed by atoms with E-state index in [0.29, 0.717) is 0 Å². The maximum absolute atomic E-state index is 12.0. The Hall–Kier alpha value is -1.36. The van der Waals surface area contributed by atoms with Crippen molar-refractivity contribution in [3.8, 4) is 0 Å². The molecule has 0 unspecified atom stereocenters. The third kappa shape index (κ3) is 2.66. The van der Waals surface area contributed by atoms with Gasteiger partial charge in [-0.1, -0.05) is 6.42 Å². The van der Waals surface area contributed by atoms with Crippen LogP contribution in [0.25, 0.3) is 0 Å². The number of hydrogen-bond acceptors (Lipinski definition) is 3. The maximum atomic E-state index is 12.0. The zero-order chi connectivity index (χ0) is 12.5. The molecule has 4 nitrogen and oxygen atoms in total. The van der Waals surface area contributed by atoms with Crippen LogP contribution < -0.4 is 0 Å². The molecule has 0 aromatic heterocycles. The van der Waals surface area contributed by atoms with Gasteiger partial charge in [0.1, 0.15) is 0 Å². The third-order valence-electron chi connectivity index (χ3n) is 3.14. The number of carboxylic acids is 1. The second kappa shape index (κ2) is 4.49. The first-order valence-electron chi connectivity index (χ1n) is 5.55. The summed E-state index contributed by atoms with van der Waals surface area (Å²) in [5.74, 6) is -0.591. The summed E-state index contributed by atoms with van der Waals surface area (Å²) in [5, 5.41) is 8.72. The molecule has 0 aliphatic heterocycles. The van der Waals surface area contributed by atoms with E-state index in [2.05, 4.69) is 0 Å². The molecular weight excluding hydrogens is 240 g/mol. The van der Waals surface area contributed by atoms with E-state index >= 15 is 0 Å². The first-order valence-corrected chi connectivity index (χ1v) is 7.20. The number of hydrogen-bond donors (Lipinski definition) is 1. The highest BCUT2D eigenvalue weighted by Gasteiger charge is 2.25. The summed E-state index contributed by atoms with van der Waals surface area (Å²) in [6, 6.07) is 5.40. The fraction of sp³-hybridized carbons (Fsp3) is 0.417. The van der Waals surface area contributed by atoms with Crippen molar-refractivity contribution in [2.45, 2.75) is 24.2 Å². The Bertz CT molecular complexity index is 512. The summed E-state index contributed by atoms with van der Waals surface area (Å²) >= 11 is 0. The van der Waals surface area contributed by atoms with Crippen molar-refractivity contribution in [3.05, 3.63) is 29.8 Å². The summed E-state index contributed by atoms with van der Waals surface area (Å²) in [5.41, 5.74) is 0.104. The van der Waals surface area contributed by atoms with E-state index in [9.17, 15) is 13.2 Å². The van der Waals surface area contributed by atoms with E-state index in [4.69, 9.17) is 5.11 Å². The topological polar surface area (TPSA) is 71.4 Å². The average molecular weight is 254 g/mol. The first-order chi connectivity index (χ1) is 7.99. The van der Waals surface area contributed by atoms with Gasteiger partial charge in [0.15, 0.2) is 9.84 Å². The molecule has 1 aromatic rings. The van der Waals surface area contributed by atoms with Crippen molar-refractivity contribution in [1.29, 1.82) is 0 Å². The van der Waals surface area contributed by atoms with Crippen LogP contribution >= 0.6 is 0 Å². The van der Waals surface area contributed by atoms with E-state index in [1.54, 1.807) is 0 Å². The van der Waals surface area contributed by atoms with Gasteiger partial charge in [-0.05, 0) is 43.0 Å². The van der Waals surface area contributed by atoms with Crippen LogP contribution in [0.3, 0.4) is 0 Å². The summed E-state index contributed by atoms with van der Waals surface area (Å²) in [6.07, 6.45) is 3.07. The Balaban J connectivity index is 2.17. The van der Waals surface area contributed by atoms with Gasteiger partial charge in [0, 0.05) is 0 Å². The Kier molecular flexibility index (Phi) is 3.19. The molecule has 5 heteroatoms. The molecular formula is C12H14O4S. The minimum atomic E-state index is -3.26. The monoisotopic (exact) mass is 254 g/mol. The standard InChI is InChI=1S/C12H14O4S/c13-12(14)10-4-6-11(7-5-10)17(15,16)8-9-2-1-3-9/h4-7,9H,1-3,8H2,(H,13,14). The van der Waals surface area contributed by atoms with Crippen LogP contribution in [0.2, 0.25) is 0 Å². The van der Waals surface area contributed by atoms with E-state index in [1.165, 1.54) is 24.3 Å². The predicted octanol–water partition coefficient (Wildman–Crippen LogP) is 1.96. The average Bonchev–Trinajstić information content (AvgIpc) is 2.24. The Morgan fingerprint density at radius 3 is 2.24 bits per heavy atom. The third-order valence-corrected chi connectivity index (χ3v) is 5.04. The molecule has 2 rings (SSSR count). The molecule has 0 heterocycles. The molecule has 1 N–H and O–H groups in total. The molecule has 0 atom stereocenters. The smallest absolute Gasteiger partial charge is 0.335 e. The molecule has 0 spiro atoms. The zero-order valence-corrected chi connectivity index (χ0v) is 10.1. The van der Waals surface area contributed by atoms with Gasteiger partial charge in [-0.2, -0.15) is 0 Å². The van der Waals surface area contributed by atoms with Crippen LogP contribution in [-0.4, -0.2) is 25.2 Å². The molecule has 1 aliphatic rings. The van der Waals surface area contributed by atoms with Crippen molar-refractivity contribution in [2.75, 3.05) is 5.75 Å². The molecule has 1 aliphatic carbocycles. The van der Waals surface area contributed by atoms with Crippen molar-refractivity contribution in [2.24, 2.45) is 5.92 Å². The molecule has 0 amide bonds. The highest BCUT2D eigenvalue weighted by molar-refractivity contribution is 7.91. The molecule has 1 saturated carbocycles. The second-order valence-electron chi connectivity index (χ2n) is 4.41. The van der Waals surface area contributed by atoms with Crippen LogP contribution in [-0.2, 0) is 9.84 Å². The zero-order valence-electron chi connectivity index (χ0n) is 9.30. The molecule has 0 saturated heterocycles. The van der Waals surface area contributed by atoms with Gasteiger partial charge < -0.3 is 5.11 Å². The maximum Gasteiger partial charge on any atom is 0.335 e. The van der Waals surface area contributed by atoms with Crippen LogP contribution in [0, 0.1) is 5.92 Å². The van der Waals surface area contributed by atoms with E-state index < -0.39 is 15.8 Å². The van der Waals surface area contributed by atoms with Gasteiger partial charge >= 0.3 is 5.97 Å². The molecule has 1 fully saturated rings. The van der Waals surface area contributed by atoms with Crippen LogP contribution in [0.1, 0.15) is 29.6 Å². The lowest BCUT2D eigenvalue weighted by Crippen LogP contribution is -2.22. The van der Waals surface area contributed by atoms with Gasteiger partial charge in [0.05, 0.1) is 16.2 Å². The summed E-state index contributed by atoms with van der Waals surface area (Å²) in [7, 11) is -3.26. The van der Waals surface area contributed by atoms with Crippen LogP contribution in [0.15, 0.2) is 29.2 Å².